The van der Waals surface area contributed by atoms with Crippen LogP contribution in [0.5, 0.6) is 11.5 Å². The lowest BCUT2D eigenvalue weighted by Crippen LogP contribution is -2.20. The van der Waals surface area contributed by atoms with E-state index in [9.17, 15) is 9.59 Å². The maximum Gasteiger partial charge on any atom is 0.337 e. The van der Waals surface area contributed by atoms with E-state index in [0.717, 1.165) is 12.2 Å². The van der Waals surface area contributed by atoms with Gasteiger partial charge in [0.05, 0.1) is 19.3 Å². The van der Waals surface area contributed by atoms with Crippen molar-refractivity contribution < 1.29 is 23.8 Å². The minimum absolute atomic E-state index is 0.117. The molecule has 1 N–H and O–H groups in total. The molecule has 0 heterocycles. The van der Waals surface area contributed by atoms with Crippen LogP contribution in [0.3, 0.4) is 0 Å². The summed E-state index contributed by atoms with van der Waals surface area (Å²) in [4.78, 5) is 23.3. The molecule has 0 aliphatic heterocycles. The van der Waals surface area contributed by atoms with E-state index in [4.69, 9.17) is 9.47 Å². The summed E-state index contributed by atoms with van der Waals surface area (Å²) in [6, 6.07) is 13.5. The van der Waals surface area contributed by atoms with E-state index in [2.05, 4.69) is 10.1 Å². The number of methoxy groups -OCH3 is 1. The minimum Gasteiger partial charge on any atom is -0.494 e. The highest BCUT2D eigenvalue weighted by Gasteiger charge is 2.07. The van der Waals surface area contributed by atoms with Crippen molar-refractivity contribution in [3.05, 3.63) is 54.1 Å². The van der Waals surface area contributed by atoms with Crippen LogP contribution < -0.4 is 14.8 Å². The number of amides is 1. The zero-order valence-electron chi connectivity index (χ0n) is 14.3. The molecule has 0 aromatic heterocycles. The van der Waals surface area contributed by atoms with Crippen LogP contribution in [0.2, 0.25) is 0 Å². The summed E-state index contributed by atoms with van der Waals surface area (Å²) >= 11 is 0. The van der Waals surface area contributed by atoms with Gasteiger partial charge in [0.15, 0.2) is 6.61 Å². The molecule has 0 saturated carbocycles. The van der Waals surface area contributed by atoms with Crippen molar-refractivity contribution in [3.63, 3.8) is 0 Å². The van der Waals surface area contributed by atoms with Gasteiger partial charge in [-0.3, -0.25) is 4.79 Å². The predicted octanol–water partition coefficient (Wildman–Crippen LogP) is 3.28. The monoisotopic (exact) mass is 343 g/mol. The number of benzene rings is 2. The summed E-state index contributed by atoms with van der Waals surface area (Å²) in [5.74, 6) is 0.633. The van der Waals surface area contributed by atoms with Crippen molar-refractivity contribution >= 4 is 17.6 Å². The normalized spacial score (nSPS) is 10.0. The number of hydrogen-bond acceptors (Lipinski definition) is 5. The van der Waals surface area contributed by atoms with Gasteiger partial charge in [-0.1, -0.05) is 6.92 Å². The Bertz CT molecular complexity index is 695. The Hall–Kier alpha value is -3.02. The van der Waals surface area contributed by atoms with Gasteiger partial charge in [0.1, 0.15) is 11.5 Å². The molecule has 0 unspecified atom stereocenters. The molecule has 0 bridgehead atoms. The van der Waals surface area contributed by atoms with Gasteiger partial charge in [-0.15, -0.1) is 0 Å². The van der Waals surface area contributed by atoms with Gasteiger partial charge >= 0.3 is 5.97 Å². The highest BCUT2D eigenvalue weighted by atomic mass is 16.5. The second-order valence-electron chi connectivity index (χ2n) is 5.23. The molecule has 6 nitrogen and oxygen atoms in total. The van der Waals surface area contributed by atoms with Crippen molar-refractivity contribution in [2.24, 2.45) is 0 Å². The predicted molar refractivity (Wildman–Crippen MR) is 94.1 cm³/mol. The lowest BCUT2D eigenvalue weighted by Gasteiger charge is -2.09. The van der Waals surface area contributed by atoms with Gasteiger partial charge in [0.25, 0.3) is 5.91 Å². The molecule has 6 heteroatoms. The standard InChI is InChI=1S/C19H21NO5/c1-3-12-24-16-8-10-17(11-9-16)25-13-18(21)20-15-6-4-14(5-7-15)19(22)23-2/h4-11H,3,12-13H2,1-2H3,(H,20,21). The third kappa shape index (κ3) is 5.84. The van der Waals surface area contributed by atoms with Crippen LogP contribution in [0.1, 0.15) is 23.7 Å². The lowest BCUT2D eigenvalue weighted by atomic mass is 10.2. The molecule has 25 heavy (non-hydrogen) atoms. The largest absolute Gasteiger partial charge is 0.494 e. The molecule has 0 fully saturated rings. The molecule has 0 saturated heterocycles. The first kappa shape index (κ1) is 18.3. The van der Waals surface area contributed by atoms with Gasteiger partial charge < -0.3 is 19.5 Å². The fourth-order valence-electron chi connectivity index (χ4n) is 2.01. The average molecular weight is 343 g/mol. The number of anilines is 1. The van der Waals surface area contributed by atoms with E-state index >= 15 is 0 Å². The third-order valence-electron chi connectivity index (χ3n) is 3.26. The quantitative estimate of drug-likeness (QED) is 0.745. The second kappa shape index (κ2) is 9.32. The number of esters is 1. The van der Waals surface area contributed by atoms with E-state index in [0.29, 0.717) is 23.6 Å². The highest BCUT2D eigenvalue weighted by Crippen LogP contribution is 2.18. The molecule has 1 amide bonds. The molecule has 2 aromatic carbocycles. The summed E-state index contributed by atoms with van der Waals surface area (Å²) in [5.41, 5.74) is 0.992. The van der Waals surface area contributed by atoms with E-state index < -0.39 is 5.97 Å². The van der Waals surface area contributed by atoms with Crippen LogP contribution in [-0.4, -0.2) is 32.2 Å². The van der Waals surface area contributed by atoms with Crippen LogP contribution in [0.15, 0.2) is 48.5 Å². The fourth-order valence-corrected chi connectivity index (χ4v) is 2.01. The molecule has 2 rings (SSSR count). The maximum atomic E-state index is 11.9. The number of hydrogen-bond donors (Lipinski definition) is 1. The van der Waals surface area contributed by atoms with E-state index in [1.54, 1.807) is 48.5 Å². The van der Waals surface area contributed by atoms with Crippen LogP contribution in [0, 0.1) is 0 Å². The molecule has 0 spiro atoms. The average Bonchev–Trinajstić information content (AvgIpc) is 2.65. The van der Waals surface area contributed by atoms with Crippen molar-refractivity contribution in [2.45, 2.75) is 13.3 Å². The molecule has 0 aliphatic rings. The van der Waals surface area contributed by atoms with Gasteiger partial charge in [-0.25, -0.2) is 4.79 Å². The smallest absolute Gasteiger partial charge is 0.337 e. The number of carbonyl (C=O) groups excluding carboxylic acids is 2. The number of rotatable bonds is 8. The van der Waals surface area contributed by atoms with Crippen LogP contribution in [-0.2, 0) is 9.53 Å². The molecule has 132 valence electrons. The van der Waals surface area contributed by atoms with Crippen LogP contribution >= 0.6 is 0 Å². The van der Waals surface area contributed by atoms with Crippen molar-refractivity contribution in [1.29, 1.82) is 0 Å². The molecular formula is C19H21NO5. The number of ether oxygens (including phenoxy) is 3. The Labute approximate surface area is 146 Å². The number of nitrogens with one attached hydrogen (secondary N) is 1. The Morgan fingerprint density at radius 2 is 1.52 bits per heavy atom. The molecule has 0 radical (unpaired) electrons. The summed E-state index contributed by atoms with van der Waals surface area (Å²) in [7, 11) is 1.32. The van der Waals surface area contributed by atoms with E-state index in [1.807, 2.05) is 6.92 Å². The van der Waals surface area contributed by atoms with Gasteiger partial charge in [-0.2, -0.15) is 0 Å². The Morgan fingerprint density at radius 1 is 0.920 bits per heavy atom. The molecule has 2 aromatic rings. The topological polar surface area (TPSA) is 73.9 Å². The Kier molecular flexibility index (Phi) is 6.83. The van der Waals surface area contributed by atoms with Crippen molar-refractivity contribution in [1.82, 2.24) is 0 Å². The minimum atomic E-state index is -0.424. The SMILES string of the molecule is CCCOc1ccc(OCC(=O)Nc2ccc(C(=O)OC)cc2)cc1. The summed E-state index contributed by atoms with van der Waals surface area (Å²) in [6.07, 6.45) is 0.943. The fraction of sp³-hybridized carbons (Fsp3) is 0.263. The van der Waals surface area contributed by atoms with E-state index in [1.165, 1.54) is 7.11 Å². The molecular weight excluding hydrogens is 322 g/mol. The Balaban J connectivity index is 1.81. The van der Waals surface area contributed by atoms with Gasteiger partial charge in [0, 0.05) is 5.69 Å². The summed E-state index contributed by atoms with van der Waals surface area (Å²) in [6.45, 7) is 2.59. The van der Waals surface area contributed by atoms with Gasteiger partial charge in [-0.05, 0) is 55.0 Å². The second-order valence-corrected chi connectivity index (χ2v) is 5.23. The first-order chi connectivity index (χ1) is 12.1. The zero-order chi connectivity index (χ0) is 18.1. The van der Waals surface area contributed by atoms with Gasteiger partial charge in [0.2, 0.25) is 0 Å². The first-order valence-electron chi connectivity index (χ1n) is 7.96. The summed E-state index contributed by atoms with van der Waals surface area (Å²) in [5, 5.41) is 2.69. The summed E-state index contributed by atoms with van der Waals surface area (Å²) < 4.78 is 15.5. The van der Waals surface area contributed by atoms with Crippen LogP contribution in [0.25, 0.3) is 0 Å². The first-order valence-corrected chi connectivity index (χ1v) is 7.96. The van der Waals surface area contributed by atoms with Crippen molar-refractivity contribution in [3.8, 4) is 11.5 Å². The lowest BCUT2D eigenvalue weighted by molar-refractivity contribution is -0.118. The Morgan fingerprint density at radius 3 is 2.08 bits per heavy atom. The zero-order valence-corrected chi connectivity index (χ0v) is 14.3. The van der Waals surface area contributed by atoms with Crippen LogP contribution in [0.4, 0.5) is 5.69 Å². The third-order valence-corrected chi connectivity index (χ3v) is 3.26. The number of carbonyl (C=O) groups is 2. The highest BCUT2D eigenvalue weighted by molar-refractivity contribution is 5.93. The molecule has 0 aliphatic carbocycles. The van der Waals surface area contributed by atoms with Crippen molar-refractivity contribution in [2.75, 3.05) is 25.6 Å². The molecule has 0 atom stereocenters. The maximum absolute atomic E-state index is 11.9. The van der Waals surface area contributed by atoms with E-state index in [-0.39, 0.29) is 12.5 Å².